The Morgan fingerprint density at radius 2 is 1.79 bits per heavy atom. The minimum absolute atomic E-state index is 0.110. The molecule has 1 aliphatic heterocycles. The number of aromatic nitrogens is 4. The molecule has 3 aromatic carbocycles. The smallest absolute Gasteiger partial charge is 0.335 e. The third kappa shape index (κ3) is 5.30. The molecular weight excluding hydrogens is 508 g/mol. The fourth-order valence-corrected chi connectivity index (χ4v) is 4.49. The number of carbonyl (C=O) groups is 3. The highest BCUT2D eigenvalue weighted by atomic mass is 35.5. The first-order chi connectivity index (χ1) is 18.4. The van der Waals surface area contributed by atoms with E-state index in [2.05, 4.69) is 20.8 Å². The van der Waals surface area contributed by atoms with Crippen LogP contribution < -0.4 is 5.32 Å². The van der Waals surface area contributed by atoms with Crippen LogP contribution in [0.5, 0.6) is 0 Å². The lowest BCUT2D eigenvalue weighted by Crippen LogP contribution is -2.50. The van der Waals surface area contributed by atoms with Gasteiger partial charge in [-0.15, -0.1) is 5.10 Å². The molecule has 1 atom stereocenters. The highest BCUT2D eigenvalue weighted by Gasteiger charge is 2.33. The van der Waals surface area contributed by atoms with Crippen molar-refractivity contribution in [3.05, 3.63) is 106 Å². The van der Waals surface area contributed by atoms with Crippen LogP contribution in [0.25, 0.3) is 11.8 Å². The molecule has 38 heavy (non-hydrogen) atoms. The normalized spacial score (nSPS) is 14.8. The van der Waals surface area contributed by atoms with Crippen molar-refractivity contribution in [3.63, 3.8) is 0 Å². The molecule has 4 aromatic rings. The molecule has 0 aliphatic carbocycles. The lowest BCUT2D eigenvalue weighted by atomic mass is 9.93. The zero-order chi connectivity index (χ0) is 26.6. The first-order valence-corrected chi connectivity index (χ1v) is 12.0. The first kappa shape index (κ1) is 24.8. The van der Waals surface area contributed by atoms with E-state index >= 15 is 0 Å². The van der Waals surface area contributed by atoms with E-state index in [-0.39, 0.29) is 23.9 Å². The molecule has 11 heteroatoms. The van der Waals surface area contributed by atoms with Crippen molar-refractivity contribution in [2.24, 2.45) is 0 Å². The van der Waals surface area contributed by atoms with Gasteiger partial charge in [0, 0.05) is 35.3 Å². The van der Waals surface area contributed by atoms with E-state index in [1.165, 1.54) is 46.3 Å². The Morgan fingerprint density at radius 3 is 2.50 bits per heavy atom. The average molecular weight is 529 g/mol. The van der Waals surface area contributed by atoms with E-state index in [4.69, 9.17) is 16.7 Å². The number of hydrogen-bond acceptors (Lipinski definition) is 6. The van der Waals surface area contributed by atoms with Gasteiger partial charge in [0.2, 0.25) is 11.8 Å². The Kier molecular flexibility index (Phi) is 6.96. The summed E-state index contributed by atoms with van der Waals surface area (Å²) in [5, 5.41) is 23.6. The summed E-state index contributed by atoms with van der Waals surface area (Å²) < 4.78 is 1.46. The fourth-order valence-electron chi connectivity index (χ4n) is 4.31. The van der Waals surface area contributed by atoms with Gasteiger partial charge in [-0.2, -0.15) is 4.68 Å². The maximum Gasteiger partial charge on any atom is 0.335 e. The van der Waals surface area contributed by atoms with Gasteiger partial charge in [-0.05, 0) is 70.1 Å². The summed E-state index contributed by atoms with van der Waals surface area (Å²) in [4.78, 5) is 39.5. The van der Waals surface area contributed by atoms with Crippen molar-refractivity contribution in [3.8, 4) is 5.69 Å². The number of rotatable bonds is 6. The molecule has 0 radical (unpaired) electrons. The number of carboxylic acid groups (broad SMARTS) is 1. The Bertz CT molecular complexity index is 1540. The van der Waals surface area contributed by atoms with Crippen molar-refractivity contribution < 1.29 is 19.5 Å². The van der Waals surface area contributed by atoms with Gasteiger partial charge < -0.3 is 15.3 Å². The zero-order valence-corrected chi connectivity index (χ0v) is 20.6. The summed E-state index contributed by atoms with van der Waals surface area (Å²) in [6.07, 6.45) is 4.79. The lowest BCUT2D eigenvalue weighted by molar-refractivity contribution is -0.135. The van der Waals surface area contributed by atoms with Crippen LogP contribution in [-0.4, -0.2) is 54.0 Å². The molecule has 0 saturated heterocycles. The second kappa shape index (κ2) is 10.7. The summed E-state index contributed by atoms with van der Waals surface area (Å²) in [6, 6.07) is 17.9. The number of benzene rings is 3. The highest BCUT2D eigenvalue weighted by Crippen LogP contribution is 2.26. The largest absolute Gasteiger partial charge is 0.478 e. The first-order valence-electron chi connectivity index (χ1n) is 11.6. The summed E-state index contributed by atoms with van der Waals surface area (Å²) in [5.41, 5.74) is 3.74. The molecule has 0 saturated carbocycles. The molecule has 0 spiro atoms. The van der Waals surface area contributed by atoms with E-state index in [9.17, 15) is 14.4 Å². The van der Waals surface area contributed by atoms with Gasteiger partial charge in [-0.3, -0.25) is 9.59 Å². The summed E-state index contributed by atoms with van der Waals surface area (Å²) in [7, 11) is 0. The second-order valence-corrected chi connectivity index (χ2v) is 9.05. The van der Waals surface area contributed by atoms with Crippen LogP contribution in [0.15, 0.2) is 79.1 Å². The Hall–Kier alpha value is -4.83. The Labute approximate surface area is 222 Å². The van der Waals surface area contributed by atoms with Crippen molar-refractivity contribution in [2.75, 3.05) is 5.32 Å². The average Bonchev–Trinajstić information content (AvgIpc) is 3.46. The molecule has 1 aromatic heterocycles. The summed E-state index contributed by atoms with van der Waals surface area (Å²) in [6.45, 7) is 0.255. The monoisotopic (exact) mass is 528 g/mol. The molecule has 0 fully saturated rings. The van der Waals surface area contributed by atoms with E-state index in [0.717, 1.165) is 11.1 Å². The van der Waals surface area contributed by atoms with Gasteiger partial charge in [-0.25, -0.2) is 4.79 Å². The van der Waals surface area contributed by atoms with Crippen molar-refractivity contribution >= 4 is 41.1 Å². The van der Waals surface area contributed by atoms with E-state index < -0.39 is 12.0 Å². The van der Waals surface area contributed by atoms with Gasteiger partial charge in [0.1, 0.15) is 12.4 Å². The van der Waals surface area contributed by atoms with Crippen LogP contribution in [0, 0.1) is 0 Å². The maximum atomic E-state index is 13.5. The van der Waals surface area contributed by atoms with Crippen LogP contribution in [0.4, 0.5) is 5.69 Å². The number of amides is 2. The molecule has 2 N–H and O–H groups in total. The lowest BCUT2D eigenvalue weighted by Gasteiger charge is -2.35. The summed E-state index contributed by atoms with van der Waals surface area (Å²) >= 11 is 6.19. The van der Waals surface area contributed by atoms with Gasteiger partial charge >= 0.3 is 5.97 Å². The molecule has 10 nitrogen and oxygen atoms in total. The number of hydrogen-bond donors (Lipinski definition) is 2. The predicted octanol–water partition coefficient (Wildman–Crippen LogP) is 3.62. The number of nitrogens with zero attached hydrogens (tertiary/aromatic N) is 5. The quantitative estimate of drug-likeness (QED) is 0.365. The molecule has 2 amide bonds. The van der Waals surface area contributed by atoms with Gasteiger partial charge in [0.25, 0.3) is 0 Å². The maximum absolute atomic E-state index is 13.5. The third-order valence-electron chi connectivity index (χ3n) is 6.22. The van der Waals surface area contributed by atoms with Crippen molar-refractivity contribution in [1.29, 1.82) is 0 Å². The standard InChI is InChI=1S/C27H21ClN6O4/c28-21-8-11-23(34-16-29-31-32-34)19(13-21)7-12-25(35)33-15-20-4-2-1-3-18(20)14-24(33)26(36)30-22-9-5-17(6-10-22)27(37)38/h1-13,16,24H,14-15H2,(H,30,36)(H,37,38)/t24-/m0/s1. The number of nitrogens with one attached hydrogen (secondary N) is 1. The SMILES string of the molecule is O=C(O)c1ccc(NC(=O)[C@@H]2Cc3ccccc3CN2C(=O)C=Cc2cc(Cl)ccc2-n2cnnn2)cc1. The van der Waals surface area contributed by atoms with E-state index in [1.54, 1.807) is 24.3 Å². The number of anilines is 1. The molecule has 190 valence electrons. The molecule has 5 rings (SSSR count). The highest BCUT2D eigenvalue weighted by molar-refractivity contribution is 6.30. The minimum atomic E-state index is -1.06. The minimum Gasteiger partial charge on any atom is -0.478 e. The van der Waals surface area contributed by atoms with Crippen molar-refractivity contribution in [1.82, 2.24) is 25.1 Å². The van der Waals surface area contributed by atoms with E-state index in [0.29, 0.717) is 28.4 Å². The van der Waals surface area contributed by atoms with Crippen LogP contribution in [-0.2, 0) is 22.6 Å². The number of halogens is 1. The van der Waals surface area contributed by atoms with E-state index in [1.807, 2.05) is 24.3 Å². The fraction of sp³-hybridized carbons (Fsp3) is 0.111. The zero-order valence-electron chi connectivity index (χ0n) is 19.9. The van der Waals surface area contributed by atoms with Crippen LogP contribution in [0.3, 0.4) is 0 Å². The number of tetrazole rings is 1. The van der Waals surface area contributed by atoms with Gasteiger partial charge in [0.05, 0.1) is 11.3 Å². The molecule has 0 unspecified atom stereocenters. The van der Waals surface area contributed by atoms with Crippen LogP contribution >= 0.6 is 11.6 Å². The number of aromatic carboxylic acids is 1. The third-order valence-corrected chi connectivity index (χ3v) is 6.46. The molecular formula is C27H21ClN6O4. The summed E-state index contributed by atoms with van der Waals surface area (Å²) in [5.74, 6) is -1.79. The van der Waals surface area contributed by atoms with Gasteiger partial charge in [0.15, 0.2) is 0 Å². The van der Waals surface area contributed by atoms with Gasteiger partial charge in [-0.1, -0.05) is 35.9 Å². The number of fused-ring (bicyclic) bond motifs is 1. The Morgan fingerprint density at radius 1 is 1.03 bits per heavy atom. The van der Waals surface area contributed by atoms with Crippen LogP contribution in [0.2, 0.25) is 5.02 Å². The van der Waals surface area contributed by atoms with Crippen molar-refractivity contribution in [2.45, 2.75) is 19.0 Å². The van der Waals surface area contributed by atoms with Crippen LogP contribution in [0.1, 0.15) is 27.0 Å². The Balaban J connectivity index is 1.41. The predicted molar refractivity (Wildman–Crippen MR) is 140 cm³/mol. The second-order valence-electron chi connectivity index (χ2n) is 8.62. The molecule has 2 heterocycles. The number of carboxylic acids is 1. The topological polar surface area (TPSA) is 130 Å². The number of carbonyl (C=O) groups excluding carboxylic acids is 2. The molecule has 0 bridgehead atoms. The molecule has 1 aliphatic rings.